The lowest BCUT2D eigenvalue weighted by Gasteiger charge is -2.00. The van der Waals surface area contributed by atoms with Crippen molar-refractivity contribution in [2.75, 3.05) is 5.73 Å². The van der Waals surface area contributed by atoms with Crippen molar-refractivity contribution in [3.05, 3.63) is 65.6 Å². The summed E-state index contributed by atoms with van der Waals surface area (Å²) in [4.78, 5) is 4.13. The molecule has 6 heteroatoms. The quantitative estimate of drug-likeness (QED) is 0.751. The molecule has 0 bridgehead atoms. The Morgan fingerprint density at radius 1 is 1.05 bits per heavy atom. The summed E-state index contributed by atoms with van der Waals surface area (Å²) in [6.07, 6.45) is 0.359. The molecule has 2 aromatic carbocycles. The Morgan fingerprint density at radius 2 is 1.76 bits per heavy atom. The second-order valence-corrected chi connectivity index (χ2v) is 4.55. The Morgan fingerprint density at radius 3 is 2.48 bits per heavy atom. The molecule has 0 aliphatic heterocycles. The Hall–Kier alpha value is -2.76. The van der Waals surface area contributed by atoms with Crippen LogP contribution in [0.25, 0.3) is 11.4 Å². The number of halogens is 2. The fourth-order valence-electron chi connectivity index (χ4n) is 1.98. The average molecular weight is 287 g/mol. The Bertz CT molecular complexity index is 766. The van der Waals surface area contributed by atoms with Crippen LogP contribution in [-0.4, -0.2) is 10.1 Å². The van der Waals surface area contributed by atoms with Gasteiger partial charge in [-0.1, -0.05) is 23.4 Å². The molecule has 0 aliphatic rings. The topological polar surface area (TPSA) is 64.9 Å². The Balaban J connectivity index is 1.88. The molecule has 3 aromatic rings. The summed E-state index contributed by atoms with van der Waals surface area (Å²) in [5.74, 6) is -0.919. The van der Waals surface area contributed by atoms with Gasteiger partial charge in [-0.2, -0.15) is 4.98 Å². The van der Waals surface area contributed by atoms with Crippen LogP contribution < -0.4 is 5.73 Å². The maximum atomic E-state index is 13.2. The van der Waals surface area contributed by atoms with Crippen LogP contribution >= 0.6 is 0 Å². The van der Waals surface area contributed by atoms with Crippen molar-refractivity contribution < 1.29 is 13.3 Å². The van der Waals surface area contributed by atoms with E-state index < -0.39 is 11.6 Å². The van der Waals surface area contributed by atoms with Crippen molar-refractivity contribution in [2.24, 2.45) is 0 Å². The molecular formula is C15H11F2N3O. The third kappa shape index (κ3) is 2.89. The molecular weight excluding hydrogens is 276 g/mol. The van der Waals surface area contributed by atoms with Crippen LogP contribution in [0.15, 0.2) is 47.0 Å². The number of para-hydroxylation sites is 1. The van der Waals surface area contributed by atoms with E-state index in [4.69, 9.17) is 10.3 Å². The van der Waals surface area contributed by atoms with E-state index in [1.165, 1.54) is 0 Å². The van der Waals surface area contributed by atoms with Gasteiger partial charge < -0.3 is 10.3 Å². The summed E-state index contributed by atoms with van der Waals surface area (Å²) in [5.41, 5.74) is 7.53. The zero-order valence-corrected chi connectivity index (χ0v) is 10.9. The average Bonchev–Trinajstić information content (AvgIpc) is 2.89. The first-order valence-electron chi connectivity index (χ1n) is 6.24. The summed E-state index contributed by atoms with van der Waals surface area (Å²) in [7, 11) is 0. The van der Waals surface area contributed by atoms with E-state index in [0.717, 1.165) is 23.8 Å². The highest BCUT2D eigenvalue weighted by atomic mass is 19.1. The van der Waals surface area contributed by atoms with Crippen LogP contribution in [0.5, 0.6) is 0 Å². The van der Waals surface area contributed by atoms with Gasteiger partial charge >= 0.3 is 0 Å². The molecule has 21 heavy (non-hydrogen) atoms. The van der Waals surface area contributed by atoms with E-state index in [0.29, 0.717) is 18.0 Å². The summed E-state index contributed by atoms with van der Waals surface area (Å²) < 4.78 is 31.5. The zero-order chi connectivity index (χ0) is 14.8. The summed E-state index contributed by atoms with van der Waals surface area (Å²) >= 11 is 0. The standard InChI is InChI=1S/C15H11F2N3O/c16-11-5-10(6-12(17)8-11)15-19-14(21-20-15)7-9-3-1-2-4-13(9)18/h1-6,8H,7,18H2. The lowest BCUT2D eigenvalue weighted by molar-refractivity contribution is 0.386. The minimum atomic E-state index is -0.691. The maximum Gasteiger partial charge on any atom is 0.231 e. The number of hydrogen-bond donors (Lipinski definition) is 1. The predicted molar refractivity (Wildman–Crippen MR) is 73.3 cm³/mol. The lowest BCUT2D eigenvalue weighted by atomic mass is 10.1. The van der Waals surface area contributed by atoms with Crippen molar-refractivity contribution in [3.63, 3.8) is 0 Å². The molecule has 0 radical (unpaired) electrons. The summed E-state index contributed by atoms with van der Waals surface area (Å²) in [6, 6.07) is 10.4. The van der Waals surface area contributed by atoms with E-state index >= 15 is 0 Å². The molecule has 0 saturated carbocycles. The minimum absolute atomic E-state index is 0.137. The number of nitrogens with two attached hydrogens (primary N) is 1. The SMILES string of the molecule is Nc1ccccc1Cc1nc(-c2cc(F)cc(F)c2)no1. The highest BCUT2D eigenvalue weighted by molar-refractivity contribution is 5.54. The molecule has 2 N–H and O–H groups in total. The number of aromatic nitrogens is 2. The van der Waals surface area contributed by atoms with Gasteiger partial charge in [0.05, 0.1) is 6.42 Å². The number of hydrogen-bond acceptors (Lipinski definition) is 4. The van der Waals surface area contributed by atoms with Crippen LogP contribution in [-0.2, 0) is 6.42 Å². The fourth-order valence-corrected chi connectivity index (χ4v) is 1.98. The van der Waals surface area contributed by atoms with Crippen LogP contribution in [0.2, 0.25) is 0 Å². The van der Waals surface area contributed by atoms with Crippen molar-refractivity contribution in [2.45, 2.75) is 6.42 Å². The van der Waals surface area contributed by atoms with Gasteiger partial charge in [-0.3, -0.25) is 0 Å². The van der Waals surface area contributed by atoms with Gasteiger partial charge in [0.1, 0.15) is 11.6 Å². The van der Waals surface area contributed by atoms with E-state index in [-0.39, 0.29) is 11.4 Å². The number of anilines is 1. The molecule has 0 unspecified atom stereocenters. The molecule has 0 fully saturated rings. The van der Waals surface area contributed by atoms with Gasteiger partial charge in [-0.15, -0.1) is 0 Å². The van der Waals surface area contributed by atoms with Crippen molar-refractivity contribution in [3.8, 4) is 11.4 Å². The first kappa shape index (κ1) is 13.2. The molecule has 0 saturated heterocycles. The number of nitrogen functional groups attached to an aromatic ring is 1. The second-order valence-electron chi connectivity index (χ2n) is 4.55. The molecule has 1 heterocycles. The van der Waals surface area contributed by atoms with Crippen LogP contribution in [0.1, 0.15) is 11.5 Å². The van der Waals surface area contributed by atoms with Crippen molar-refractivity contribution in [1.29, 1.82) is 0 Å². The van der Waals surface area contributed by atoms with Gasteiger partial charge in [0.2, 0.25) is 11.7 Å². The normalized spacial score (nSPS) is 10.8. The zero-order valence-electron chi connectivity index (χ0n) is 10.9. The Kier molecular flexibility index (Phi) is 3.35. The number of rotatable bonds is 3. The van der Waals surface area contributed by atoms with Gasteiger partial charge in [0, 0.05) is 17.3 Å². The first-order valence-corrected chi connectivity index (χ1v) is 6.24. The monoisotopic (exact) mass is 287 g/mol. The molecule has 0 aliphatic carbocycles. The largest absolute Gasteiger partial charge is 0.398 e. The minimum Gasteiger partial charge on any atom is -0.398 e. The smallest absolute Gasteiger partial charge is 0.231 e. The molecule has 4 nitrogen and oxygen atoms in total. The summed E-state index contributed by atoms with van der Waals surface area (Å²) in [5, 5.41) is 3.73. The maximum absolute atomic E-state index is 13.2. The molecule has 0 amide bonds. The summed E-state index contributed by atoms with van der Waals surface area (Å²) in [6.45, 7) is 0. The highest BCUT2D eigenvalue weighted by Gasteiger charge is 2.12. The molecule has 3 rings (SSSR count). The Labute approximate surface area is 119 Å². The van der Waals surface area contributed by atoms with Gasteiger partial charge in [-0.25, -0.2) is 8.78 Å². The fraction of sp³-hybridized carbons (Fsp3) is 0.0667. The third-order valence-corrected chi connectivity index (χ3v) is 2.99. The van der Waals surface area contributed by atoms with Crippen molar-refractivity contribution >= 4 is 5.69 Å². The van der Waals surface area contributed by atoms with Crippen LogP contribution in [0.3, 0.4) is 0 Å². The lowest BCUT2D eigenvalue weighted by Crippen LogP contribution is -1.95. The van der Waals surface area contributed by atoms with Crippen LogP contribution in [0.4, 0.5) is 14.5 Å². The molecule has 0 atom stereocenters. The number of benzene rings is 2. The van der Waals surface area contributed by atoms with E-state index in [2.05, 4.69) is 10.1 Å². The van der Waals surface area contributed by atoms with Gasteiger partial charge in [0.15, 0.2) is 0 Å². The van der Waals surface area contributed by atoms with Gasteiger partial charge in [0.25, 0.3) is 0 Å². The van der Waals surface area contributed by atoms with E-state index in [9.17, 15) is 8.78 Å². The number of nitrogens with zero attached hydrogens (tertiary/aromatic N) is 2. The molecule has 1 aromatic heterocycles. The van der Waals surface area contributed by atoms with Crippen LogP contribution in [0, 0.1) is 11.6 Å². The first-order chi connectivity index (χ1) is 10.1. The van der Waals surface area contributed by atoms with Crippen molar-refractivity contribution in [1.82, 2.24) is 10.1 Å². The van der Waals surface area contributed by atoms with E-state index in [1.54, 1.807) is 6.07 Å². The second kappa shape index (κ2) is 5.32. The molecule has 0 spiro atoms. The molecule has 106 valence electrons. The predicted octanol–water partition coefficient (Wildman–Crippen LogP) is 3.19. The highest BCUT2D eigenvalue weighted by Crippen LogP contribution is 2.21. The third-order valence-electron chi connectivity index (χ3n) is 2.99. The van der Waals surface area contributed by atoms with E-state index in [1.807, 2.05) is 18.2 Å². The van der Waals surface area contributed by atoms with Gasteiger partial charge in [-0.05, 0) is 23.8 Å².